The van der Waals surface area contributed by atoms with Gasteiger partial charge in [0.2, 0.25) is 15.9 Å². The highest BCUT2D eigenvalue weighted by Gasteiger charge is 2.32. The molecule has 0 aromatic carbocycles. The molecule has 1 fully saturated rings. The predicted molar refractivity (Wildman–Crippen MR) is 92.1 cm³/mol. The Hall–Kier alpha value is -1.15. The van der Waals surface area contributed by atoms with Gasteiger partial charge in [0.15, 0.2) is 0 Å². The molecule has 0 radical (unpaired) electrons. The van der Waals surface area contributed by atoms with Crippen molar-refractivity contribution >= 4 is 21.9 Å². The number of nitrogens with one attached hydrogen (secondary N) is 1. The van der Waals surface area contributed by atoms with Crippen LogP contribution in [0.1, 0.15) is 58.8 Å². The van der Waals surface area contributed by atoms with E-state index in [0.717, 1.165) is 19.3 Å². The Balaban J connectivity index is 2.51. The van der Waals surface area contributed by atoms with Gasteiger partial charge in [0.05, 0.1) is 5.75 Å². The molecule has 1 heterocycles. The predicted octanol–water partition coefficient (Wildman–Crippen LogP) is 1.59. The van der Waals surface area contributed by atoms with E-state index >= 15 is 0 Å². The van der Waals surface area contributed by atoms with Gasteiger partial charge in [-0.1, -0.05) is 33.1 Å². The minimum atomic E-state index is -3.24. The summed E-state index contributed by atoms with van der Waals surface area (Å²) in [5, 5.41) is 11.8. The Morgan fingerprint density at radius 1 is 1.17 bits per heavy atom. The number of aliphatic carboxylic acids is 1. The van der Waals surface area contributed by atoms with E-state index in [9.17, 15) is 23.1 Å². The van der Waals surface area contributed by atoms with Crippen molar-refractivity contribution in [2.75, 3.05) is 18.8 Å². The molecule has 1 amide bonds. The van der Waals surface area contributed by atoms with E-state index in [4.69, 9.17) is 0 Å². The van der Waals surface area contributed by atoms with Crippen LogP contribution in [0.15, 0.2) is 0 Å². The number of carbonyl (C=O) groups is 2. The van der Waals surface area contributed by atoms with Crippen LogP contribution in [0.4, 0.5) is 0 Å². The topological polar surface area (TPSA) is 104 Å². The van der Waals surface area contributed by atoms with Crippen LogP contribution in [-0.2, 0) is 19.6 Å². The first-order chi connectivity index (χ1) is 11.3. The van der Waals surface area contributed by atoms with E-state index < -0.39 is 22.0 Å². The highest BCUT2D eigenvalue weighted by molar-refractivity contribution is 7.89. The molecule has 0 spiro atoms. The van der Waals surface area contributed by atoms with E-state index in [1.54, 1.807) is 0 Å². The van der Waals surface area contributed by atoms with Gasteiger partial charge in [-0.25, -0.2) is 17.5 Å². The van der Waals surface area contributed by atoms with Gasteiger partial charge in [-0.2, -0.15) is 0 Å². The number of carbonyl (C=O) groups excluding carboxylic acids is 1. The lowest BCUT2D eigenvalue weighted by Crippen LogP contribution is -2.47. The maximum absolute atomic E-state index is 12.3. The zero-order valence-corrected chi connectivity index (χ0v) is 15.5. The van der Waals surface area contributed by atoms with Crippen LogP contribution in [0.3, 0.4) is 0 Å². The number of amides is 1. The molecule has 8 heteroatoms. The van der Waals surface area contributed by atoms with Gasteiger partial charge in [0, 0.05) is 19.0 Å². The molecule has 2 N–H and O–H groups in total. The number of sulfonamides is 1. The molecule has 24 heavy (non-hydrogen) atoms. The lowest BCUT2D eigenvalue weighted by atomic mass is 9.96. The van der Waals surface area contributed by atoms with Crippen LogP contribution in [0, 0.1) is 5.92 Å². The normalized spacial score (nSPS) is 18.2. The first-order valence-electron chi connectivity index (χ1n) is 8.82. The van der Waals surface area contributed by atoms with E-state index in [-0.39, 0.29) is 17.6 Å². The smallest absolute Gasteiger partial charge is 0.326 e. The quantitative estimate of drug-likeness (QED) is 0.614. The van der Waals surface area contributed by atoms with Gasteiger partial charge < -0.3 is 10.4 Å². The van der Waals surface area contributed by atoms with Crippen molar-refractivity contribution in [3.05, 3.63) is 0 Å². The van der Waals surface area contributed by atoms with Crippen molar-refractivity contribution in [1.29, 1.82) is 0 Å². The molecule has 1 rings (SSSR count). The standard InChI is InChI=1S/C16H30N2O5S/c1-3-5-7-14(16(20)21)17-15(19)13-8-10-18(11-9-13)24(22,23)12-6-4-2/h13-14H,3-12H2,1-2H3,(H,17,19)(H,20,21)/t14-/m0/s1. The molecule has 0 aromatic rings. The second-order valence-electron chi connectivity index (χ2n) is 6.38. The molecule has 1 atom stereocenters. The number of nitrogens with zero attached hydrogens (tertiary/aromatic N) is 1. The van der Waals surface area contributed by atoms with Crippen LogP contribution in [0.25, 0.3) is 0 Å². The molecule has 7 nitrogen and oxygen atoms in total. The van der Waals surface area contributed by atoms with Crippen molar-refractivity contribution in [2.24, 2.45) is 5.92 Å². The number of carboxylic acids is 1. The molecule has 0 saturated carbocycles. The van der Waals surface area contributed by atoms with Crippen molar-refractivity contribution in [3.8, 4) is 0 Å². The minimum absolute atomic E-state index is 0.151. The van der Waals surface area contributed by atoms with E-state index in [0.29, 0.717) is 38.8 Å². The third kappa shape index (κ3) is 6.39. The Morgan fingerprint density at radius 2 is 1.75 bits per heavy atom. The number of hydrogen-bond donors (Lipinski definition) is 2. The molecule has 1 aliphatic rings. The zero-order valence-electron chi connectivity index (χ0n) is 14.7. The van der Waals surface area contributed by atoms with Crippen molar-refractivity contribution in [2.45, 2.75) is 64.8 Å². The zero-order chi connectivity index (χ0) is 18.2. The summed E-state index contributed by atoms with van der Waals surface area (Å²) < 4.78 is 25.8. The van der Waals surface area contributed by atoms with Crippen molar-refractivity contribution < 1.29 is 23.1 Å². The second kappa shape index (κ2) is 9.98. The Labute approximate surface area is 144 Å². The second-order valence-corrected chi connectivity index (χ2v) is 8.47. The third-order valence-corrected chi connectivity index (χ3v) is 6.39. The molecule has 0 bridgehead atoms. The van der Waals surface area contributed by atoms with E-state index in [1.807, 2.05) is 13.8 Å². The molecule has 0 unspecified atom stereocenters. The fourth-order valence-corrected chi connectivity index (χ4v) is 4.49. The number of rotatable bonds is 10. The van der Waals surface area contributed by atoms with Gasteiger partial charge in [-0.05, 0) is 25.7 Å². The number of piperidine rings is 1. The fourth-order valence-electron chi connectivity index (χ4n) is 2.81. The summed E-state index contributed by atoms with van der Waals surface area (Å²) in [6.07, 6.45) is 4.38. The SMILES string of the molecule is CCCC[C@H](NC(=O)C1CCN(S(=O)(=O)CCCC)CC1)C(=O)O. The van der Waals surface area contributed by atoms with Crippen molar-refractivity contribution in [3.63, 3.8) is 0 Å². The van der Waals surface area contributed by atoms with Crippen LogP contribution in [-0.4, -0.2) is 54.6 Å². The molecule has 140 valence electrons. The van der Waals surface area contributed by atoms with Gasteiger partial charge in [-0.15, -0.1) is 0 Å². The first kappa shape index (κ1) is 20.9. The van der Waals surface area contributed by atoms with Gasteiger partial charge in [0.25, 0.3) is 0 Å². The lowest BCUT2D eigenvalue weighted by molar-refractivity contribution is -0.142. The number of unbranched alkanes of at least 4 members (excludes halogenated alkanes) is 2. The number of carboxylic acid groups (broad SMARTS) is 1. The van der Waals surface area contributed by atoms with E-state index in [2.05, 4.69) is 5.32 Å². The van der Waals surface area contributed by atoms with Gasteiger partial charge >= 0.3 is 5.97 Å². The molecule has 1 aliphatic heterocycles. The van der Waals surface area contributed by atoms with E-state index in [1.165, 1.54) is 4.31 Å². The average molecular weight is 362 g/mol. The fraction of sp³-hybridized carbons (Fsp3) is 0.875. The van der Waals surface area contributed by atoms with Gasteiger partial charge in [0.1, 0.15) is 6.04 Å². The molecular weight excluding hydrogens is 332 g/mol. The Kier molecular flexibility index (Phi) is 8.69. The summed E-state index contributed by atoms with van der Waals surface area (Å²) in [5.41, 5.74) is 0. The summed E-state index contributed by atoms with van der Waals surface area (Å²) >= 11 is 0. The summed E-state index contributed by atoms with van der Waals surface area (Å²) in [6, 6.07) is -0.858. The molecule has 1 saturated heterocycles. The Bertz CT molecular complexity index is 513. The minimum Gasteiger partial charge on any atom is -0.480 e. The number of hydrogen-bond acceptors (Lipinski definition) is 4. The monoisotopic (exact) mass is 362 g/mol. The van der Waals surface area contributed by atoms with Crippen LogP contribution in [0.2, 0.25) is 0 Å². The highest BCUT2D eigenvalue weighted by Crippen LogP contribution is 2.21. The summed E-state index contributed by atoms with van der Waals surface area (Å²) in [6.45, 7) is 4.58. The third-order valence-electron chi connectivity index (χ3n) is 4.43. The lowest BCUT2D eigenvalue weighted by Gasteiger charge is -2.31. The summed E-state index contributed by atoms with van der Waals surface area (Å²) in [4.78, 5) is 23.5. The molecule has 0 aromatic heterocycles. The molecular formula is C16H30N2O5S. The van der Waals surface area contributed by atoms with Crippen LogP contribution in [0.5, 0.6) is 0 Å². The first-order valence-corrected chi connectivity index (χ1v) is 10.4. The summed E-state index contributed by atoms with van der Waals surface area (Å²) in [5.74, 6) is -1.45. The summed E-state index contributed by atoms with van der Waals surface area (Å²) in [7, 11) is -3.24. The van der Waals surface area contributed by atoms with Crippen molar-refractivity contribution in [1.82, 2.24) is 9.62 Å². The average Bonchev–Trinajstić information content (AvgIpc) is 2.56. The van der Waals surface area contributed by atoms with Gasteiger partial charge in [-0.3, -0.25) is 4.79 Å². The van der Waals surface area contributed by atoms with Crippen LogP contribution >= 0.6 is 0 Å². The largest absolute Gasteiger partial charge is 0.480 e. The van der Waals surface area contributed by atoms with Crippen LogP contribution < -0.4 is 5.32 Å². The highest BCUT2D eigenvalue weighted by atomic mass is 32.2. The maximum atomic E-state index is 12.3. The maximum Gasteiger partial charge on any atom is 0.326 e. The Morgan fingerprint density at radius 3 is 2.25 bits per heavy atom. The molecule has 0 aliphatic carbocycles.